The van der Waals surface area contributed by atoms with Crippen molar-refractivity contribution in [3.8, 4) is 0 Å². The minimum Gasteiger partial charge on any atom is -0.394 e. The molecule has 2 aliphatic rings. The Morgan fingerprint density at radius 3 is 1.74 bits per heavy atom. The number of aliphatic hydroxyl groups excluding tert-OH is 8. The zero-order valence-corrected chi connectivity index (χ0v) is 12.0. The molecule has 2 fully saturated rings. The molecule has 0 aromatic heterocycles. The van der Waals surface area contributed by atoms with Gasteiger partial charge < -0.3 is 55.1 Å². The van der Waals surface area contributed by atoms with E-state index in [1.807, 2.05) is 0 Å². The molecule has 0 aliphatic carbocycles. The Balaban J connectivity index is 2.08. The van der Waals surface area contributed by atoms with Gasteiger partial charge in [0.05, 0.1) is 13.2 Å². The molecule has 136 valence electrons. The van der Waals surface area contributed by atoms with Crippen LogP contribution >= 0.6 is 0 Å². The molecule has 0 spiro atoms. The predicted octanol–water partition coefficient (Wildman–Crippen LogP) is -5.40. The fraction of sp³-hybridized carbons (Fsp3) is 1.00. The van der Waals surface area contributed by atoms with Gasteiger partial charge in [-0.25, -0.2) is 0 Å². The van der Waals surface area contributed by atoms with Gasteiger partial charge in [-0.1, -0.05) is 0 Å². The van der Waals surface area contributed by atoms with Crippen LogP contribution in [0.1, 0.15) is 0 Å². The molecule has 0 aromatic rings. The molecule has 2 rings (SSSR count). The highest BCUT2D eigenvalue weighted by Crippen LogP contribution is 2.28. The van der Waals surface area contributed by atoms with Crippen LogP contribution in [0.25, 0.3) is 0 Å². The summed E-state index contributed by atoms with van der Waals surface area (Å²) in [6.45, 7) is -1.33. The van der Waals surface area contributed by atoms with E-state index in [1.54, 1.807) is 0 Å². The first-order valence-electron chi connectivity index (χ1n) is 7.08. The second kappa shape index (κ2) is 7.63. The molecule has 8 N–H and O–H groups in total. The van der Waals surface area contributed by atoms with E-state index in [2.05, 4.69) is 0 Å². The van der Waals surface area contributed by atoms with Crippen LogP contribution in [0.2, 0.25) is 0 Å². The summed E-state index contributed by atoms with van der Waals surface area (Å²) in [6, 6.07) is 0. The van der Waals surface area contributed by atoms with Crippen LogP contribution in [0.4, 0.5) is 0 Å². The van der Waals surface area contributed by atoms with E-state index < -0.39 is 74.6 Å². The Bertz CT molecular complexity index is 380. The maximum Gasteiger partial charge on any atom is 0.187 e. The van der Waals surface area contributed by atoms with Crippen molar-refractivity contribution in [2.45, 2.75) is 61.4 Å². The highest BCUT2D eigenvalue weighted by molar-refractivity contribution is 4.93. The topological polar surface area (TPSA) is 190 Å². The minimum atomic E-state index is -1.75. The molecule has 2 heterocycles. The lowest BCUT2D eigenvalue weighted by atomic mass is 9.97. The van der Waals surface area contributed by atoms with Crippen molar-refractivity contribution < 1.29 is 55.1 Å². The summed E-state index contributed by atoms with van der Waals surface area (Å²) in [6.07, 6.45) is -15.6. The highest BCUT2D eigenvalue weighted by atomic mass is 16.7. The lowest BCUT2D eigenvalue weighted by Gasteiger charge is -2.44. The van der Waals surface area contributed by atoms with Crippen LogP contribution < -0.4 is 0 Å². The lowest BCUT2D eigenvalue weighted by Crippen LogP contribution is -2.64. The van der Waals surface area contributed by atoms with Crippen molar-refractivity contribution >= 4 is 0 Å². The minimum absolute atomic E-state index is 0.651. The second-order valence-electron chi connectivity index (χ2n) is 5.53. The summed E-state index contributed by atoms with van der Waals surface area (Å²) in [7, 11) is 0. The first-order chi connectivity index (χ1) is 10.8. The van der Waals surface area contributed by atoms with Crippen molar-refractivity contribution in [2.24, 2.45) is 0 Å². The summed E-state index contributed by atoms with van der Waals surface area (Å²) < 4.78 is 15.1. The average molecular weight is 342 g/mol. The summed E-state index contributed by atoms with van der Waals surface area (Å²) in [4.78, 5) is 0. The summed E-state index contributed by atoms with van der Waals surface area (Å²) in [5.41, 5.74) is 0. The SMILES string of the molecule is OC[C@H]1O[C@@H](O)[C@H](O[C@H]2O[C@H](CO)[C@@H](O)[C@H](O)[C@H]2O)[C@@H](O)[C@H]1O. The first kappa shape index (κ1) is 18.9. The molecule has 10 atom stereocenters. The number of hydrogen-bond donors (Lipinski definition) is 8. The summed E-state index contributed by atoms with van der Waals surface area (Å²) in [5, 5.41) is 76.7. The smallest absolute Gasteiger partial charge is 0.187 e. The van der Waals surface area contributed by atoms with Gasteiger partial charge in [0.1, 0.15) is 48.8 Å². The van der Waals surface area contributed by atoms with Crippen molar-refractivity contribution in [2.75, 3.05) is 13.2 Å². The van der Waals surface area contributed by atoms with Crippen LogP contribution in [0.5, 0.6) is 0 Å². The number of hydrogen-bond acceptors (Lipinski definition) is 11. The lowest BCUT2D eigenvalue weighted by molar-refractivity contribution is -0.361. The quantitative estimate of drug-likeness (QED) is 0.243. The maximum atomic E-state index is 9.94. The first-order valence-corrected chi connectivity index (χ1v) is 7.08. The van der Waals surface area contributed by atoms with E-state index in [0.29, 0.717) is 0 Å². The largest absolute Gasteiger partial charge is 0.394 e. The van der Waals surface area contributed by atoms with Gasteiger partial charge in [-0.05, 0) is 0 Å². The van der Waals surface area contributed by atoms with Crippen LogP contribution in [-0.4, -0.2) is 115 Å². The van der Waals surface area contributed by atoms with Gasteiger partial charge in [0.25, 0.3) is 0 Å². The fourth-order valence-electron chi connectivity index (χ4n) is 2.55. The Morgan fingerprint density at radius 1 is 0.652 bits per heavy atom. The van der Waals surface area contributed by atoms with E-state index in [1.165, 1.54) is 0 Å². The van der Waals surface area contributed by atoms with Gasteiger partial charge in [-0.15, -0.1) is 0 Å². The summed E-state index contributed by atoms with van der Waals surface area (Å²) >= 11 is 0. The van der Waals surface area contributed by atoms with E-state index >= 15 is 0 Å². The molecule has 2 aliphatic heterocycles. The van der Waals surface area contributed by atoms with E-state index in [0.717, 1.165) is 0 Å². The van der Waals surface area contributed by atoms with Crippen LogP contribution in [0, 0.1) is 0 Å². The molecule has 11 heteroatoms. The van der Waals surface area contributed by atoms with Crippen LogP contribution in [0.3, 0.4) is 0 Å². The molecule has 2 saturated heterocycles. The van der Waals surface area contributed by atoms with Crippen molar-refractivity contribution in [1.82, 2.24) is 0 Å². The molecule has 0 radical (unpaired) electrons. The fourth-order valence-corrected chi connectivity index (χ4v) is 2.55. The third-order valence-corrected chi connectivity index (χ3v) is 3.98. The molecule has 0 saturated carbocycles. The van der Waals surface area contributed by atoms with Gasteiger partial charge in [0.2, 0.25) is 0 Å². The van der Waals surface area contributed by atoms with Gasteiger partial charge in [-0.3, -0.25) is 0 Å². The number of rotatable bonds is 4. The van der Waals surface area contributed by atoms with E-state index in [9.17, 15) is 30.6 Å². The zero-order chi connectivity index (χ0) is 17.3. The number of aliphatic hydroxyl groups is 8. The van der Waals surface area contributed by atoms with E-state index in [-0.39, 0.29) is 0 Å². The molecule has 0 unspecified atom stereocenters. The van der Waals surface area contributed by atoms with Gasteiger partial charge in [-0.2, -0.15) is 0 Å². The average Bonchev–Trinajstić information content (AvgIpc) is 2.54. The van der Waals surface area contributed by atoms with Crippen molar-refractivity contribution in [1.29, 1.82) is 0 Å². The molecular formula is C12H22O11. The number of ether oxygens (including phenoxy) is 3. The van der Waals surface area contributed by atoms with Crippen molar-refractivity contribution in [3.05, 3.63) is 0 Å². The molecule has 0 bridgehead atoms. The molecule has 0 aromatic carbocycles. The normalized spacial score (nSPS) is 51.7. The molecule has 11 nitrogen and oxygen atoms in total. The maximum absolute atomic E-state index is 9.94. The van der Waals surface area contributed by atoms with Crippen LogP contribution in [0.15, 0.2) is 0 Å². The Kier molecular flexibility index (Phi) is 6.27. The molecule has 23 heavy (non-hydrogen) atoms. The Morgan fingerprint density at radius 2 is 1.17 bits per heavy atom. The third-order valence-electron chi connectivity index (χ3n) is 3.98. The highest BCUT2D eigenvalue weighted by Gasteiger charge is 2.50. The molecular weight excluding hydrogens is 320 g/mol. The Labute approximate surface area is 130 Å². The monoisotopic (exact) mass is 342 g/mol. The standard InChI is InChI=1S/C12H22O11/c13-1-3-6(16)8(18)10(11(20)21-3)23-12-9(19)7(17)5(15)4(2-14)22-12/h3-20H,1-2H2/t3-,4-,5-,6+,7+,8+,9-,10-,11-,12-/m1/s1. The van der Waals surface area contributed by atoms with Crippen LogP contribution in [-0.2, 0) is 14.2 Å². The van der Waals surface area contributed by atoms with Gasteiger partial charge >= 0.3 is 0 Å². The predicted molar refractivity (Wildman–Crippen MR) is 68.6 cm³/mol. The second-order valence-corrected chi connectivity index (χ2v) is 5.53. The van der Waals surface area contributed by atoms with E-state index in [4.69, 9.17) is 24.4 Å². The molecule has 0 amide bonds. The van der Waals surface area contributed by atoms with Crippen molar-refractivity contribution in [3.63, 3.8) is 0 Å². The van der Waals surface area contributed by atoms with Gasteiger partial charge in [0, 0.05) is 0 Å². The zero-order valence-electron chi connectivity index (χ0n) is 12.0. The Hall–Kier alpha value is -0.440. The third kappa shape index (κ3) is 3.65. The van der Waals surface area contributed by atoms with Gasteiger partial charge in [0.15, 0.2) is 12.6 Å². The summed E-state index contributed by atoms with van der Waals surface area (Å²) in [5.74, 6) is 0.